The number of benzene rings is 2. The SMILES string of the molecule is COc1ccccc1NS(=O)(=O)c1cccc(C(=O)NCC(=O)NC2CC2)c1. The molecule has 1 fully saturated rings. The first-order valence-electron chi connectivity index (χ1n) is 8.72. The molecule has 0 unspecified atom stereocenters. The predicted octanol–water partition coefficient (Wildman–Crippen LogP) is 1.50. The van der Waals surface area contributed by atoms with E-state index in [0.717, 1.165) is 12.8 Å². The van der Waals surface area contributed by atoms with Crippen molar-refractivity contribution in [1.29, 1.82) is 0 Å². The number of rotatable bonds is 8. The van der Waals surface area contributed by atoms with Crippen LogP contribution in [0, 0.1) is 0 Å². The van der Waals surface area contributed by atoms with Crippen LogP contribution in [-0.4, -0.2) is 39.9 Å². The third-order valence-corrected chi connectivity index (χ3v) is 5.47. The maximum Gasteiger partial charge on any atom is 0.262 e. The molecular weight excluding hydrogens is 382 g/mol. The van der Waals surface area contributed by atoms with Crippen LogP contribution in [0.3, 0.4) is 0 Å². The molecule has 0 saturated heterocycles. The van der Waals surface area contributed by atoms with Crippen LogP contribution in [0.2, 0.25) is 0 Å². The van der Waals surface area contributed by atoms with E-state index in [1.165, 1.54) is 31.4 Å². The van der Waals surface area contributed by atoms with Crippen molar-refractivity contribution in [3.63, 3.8) is 0 Å². The third-order valence-electron chi connectivity index (χ3n) is 4.11. The highest BCUT2D eigenvalue weighted by Gasteiger charge is 2.23. The highest BCUT2D eigenvalue weighted by molar-refractivity contribution is 7.92. The molecule has 3 N–H and O–H groups in total. The maximum atomic E-state index is 12.7. The number of hydrogen-bond donors (Lipinski definition) is 3. The van der Waals surface area contributed by atoms with E-state index in [1.807, 2.05) is 0 Å². The second kappa shape index (κ2) is 8.30. The number of amides is 2. The second-order valence-electron chi connectivity index (χ2n) is 6.36. The Labute approximate surface area is 163 Å². The minimum absolute atomic E-state index is 0.0755. The molecular formula is C19H21N3O5S. The Hall–Kier alpha value is -3.07. The van der Waals surface area contributed by atoms with Gasteiger partial charge < -0.3 is 15.4 Å². The van der Waals surface area contributed by atoms with Crippen LogP contribution in [0.15, 0.2) is 53.4 Å². The van der Waals surface area contributed by atoms with Crippen LogP contribution in [0.25, 0.3) is 0 Å². The number of carbonyl (C=O) groups is 2. The second-order valence-corrected chi connectivity index (χ2v) is 8.04. The van der Waals surface area contributed by atoms with Gasteiger partial charge in [-0.05, 0) is 43.2 Å². The molecule has 0 aliphatic heterocycles. The molecule has 0 atom stereocenters. The van der Waals surface area contributed by atoms with Gasteiger partial charge in [0.05, 0.1) is 24.2 Å². The van der Waals surface area contributed by atoms with E-state index >= 15 is 0 Å². The molecule has 2 aromatic carbocycles. The van der Waals surface area contributed by atoms with Gasteiger partial charge in [0.2, 0.25) is 5.91 Å². The fourth-order valence-corrected chi connectivity index (χ4v) is 3.62. The first-order chi connectivity index (χ1) is 13.4. The molecule has 8 nitrogen and oxygen atoms in total. The van der Waals surface area contributed by atoms with Crippen molar-refractivity contribution < 1.29 is 22.7 Å². The summed E-state index contributed by atoms with van der Waals surface area (Å²) in [5.41, 5.74) is 0.429. The Balaban J connectivity index is 1.70. The van der Waals surface area contributed by atoms with E-state index < -0.39 is 15.9 Å². The summed E-state index contributed by atoms with van der Waals surface area (Å²) in [7, 11) is -2.49. The van der Waals surface area contributed by atoms with Crippen molar-refractivity contribution in [2.75, 3.05) is 18.4 Å². The van der Waals surface area contributed by atoms with E-state index in [0.29, 0.717) is 5.75 Å². The molecule has 0 bridgehead atoms. The number of hydrogen-bond acceptors (Lipinski definition) is 5. The number of sulfonamides is 1. The Morgan fingerprint density at radius 2 is 1.86 bits per heavy atom. The van der Waals surface area contributed by atoms with Crippen molar-refractivity contribution in [3.8, 4) is 5.75 Å². The predicted molar refractivity (Wildman–Crippen MR) is 104 cm³/mol. The Bertz CT molecular complexity index is 987. The largest absolute Gasteiger partial charge is 0.495 e. The lowest BCUT2D eigenvalue weighted by atomic mass is 10.2. The molecule has 0 spiro atoms. The molecule has 148 valence electrons. The van der Waals surface area contributed by atoms with Gasteiger partial charge in [0.25, 0.3) is 15.9 Å². The highest BCUT2D eigenvalue weighted by Crippen LogP contribution is 2.26. The molecule has 0 aromatic heterocycles. The molecule has 1 saturated carbocycles. The summed E-state index contributed by atoms with van der Waals surface area (Å²) in [6.45, 7) is -0.161. The molecule has 9 heteroatoms. The molecule has 0 heterocycles. The van der Waals surface area contributed by atoms with Gasteiger partial charge in [-0.15, -0.1) is 0 Å². The average Bonchev–Trinajstić information content (AvgIpc) is 3.50. The average molecular weight is 403 g/mol. The number of carbonyl (C=O) groups excluding carboxylic acids is 2. The minimum atomic E-state index is -3.93. The van der Waals surface area contributed by atoms with E-state index in [-0.39, 0.29) is 34.6 Å². The summed E-state index contributed by atoms with van der Waals surface area (Å²) in [6, 6.07) is 12.4. The number of methoxy groups -OCH3 is 1. The van der Waals surface area contributed by atoms with Gasteiger partial charge in [-0.25, -0.2) is 8.42 Å². The lowest BCUT2D eigenvalue weighted by molar-refractivity contribution is -0.120. The summed E-state index contributed by atoms with van der Waals surface area (Å²) in [5, 5.41) is 5.26. The minimum Gasteiger partial charge on any atom is -0.495 e. The van der Waals surface area contributed by atoms with Crippen LogP contribution in [0.4, 0.5) is 5.69 Å². The summed E-state index contributed by atoms with van der Waals surface area (Å²) in [6.07, 6.45) is 1.91. The fourth-order valence-electron chi connectivity index (χ4n) is 2.51. The van der Waals surface area contributed by atoms with Gasteiger partial charge in [-0.3, -0.25) is 14.3 Å². The lowest BCUT2D eigenvalue weighted by Crippen LogP contribution is -2.37. The molecule has 1 aliphatic carbocycles. The number of anilines is 1. The van der Waals surface area contributed by atoms with Crippen molar-refractivity contribution >= 4 is 27.5 Å². The monoisotopic (exact) mass is 403 g/mol. The summed E-state index contributed by atoms with van der Waals surface area (Å²) in [5.74, 6) is -0.417. The van der Waals surface area contributed by atoms with Crippen molar-refractivity contribution in [2.45, 2.75) is 23.8 Å². The standard InChI is InChI=1S/C19H21N3O5S/c1-27-17-8-3-2-7-16(17)22-28(25,26)15-6-4-5-13(11-15)19(24)20-12-18(23)21-14-9-10-14/h2-8,11,14,22H,9-10,12H2,1H3,(H,20,24)(H,21,23). The third kappa shape index (κ3) is 5.01. The fraction of sp³-hybridized carbons (Fsp3) is 0.263. The van der Waals surface area contributed by atoms with Crippen molar-refractivity contribution in [1.82, 2.24) is 10.6 Å². The van der Waals surface area contributed by atoms with E-state index in [2.05, 4.69) is 15.4 Å². The van der Waals surface area contributed by atoms with Gasteiger partial charge in [0.15, 0.2) is 0 Å². The zero-order chi connectivity index (χ0) is 20.1. The van der Waals surface area contributed by atoms with E-state index in [4.69, 9.17) is 4.74 Å². The molecule has 2 amide bonds. The first kappa shape index (κ1) is 19.7. The van der Waals surface area contributed by atoms with Crippen LogP contribution < -0.4 is 20.1 Å². The topological polar surface area (TPSA) is 114 Å². The molecule has 3 rings (SSSR count). The summed E-state index contributed by atoms with van der Waals surface area (Å²) >= 11 is 0. The Morgan fingerprint density at radius 3 is 2.57 bits per heavy atom. The van der Waals surface area contributed by atoms with Crippen LogP contribution in [0.1, 0.15) is 23.2 Å². The van der Waals surface area contributed by atoms with E-state index in [1.54, 1.807) is 24.3 Å². The zero-order valence-corrected chi connectivity index (χ0v) is 16.1. The molecule has 2 aromatic rings. The van der Waals surface area contributed by atoms with Gasteiger partial charge >= 0.3 is 0 Å². The molecule has 0 radical (unpaired) electrons. The first-order valence-corrected chi connectivity index (χ1v) is 10.2. The smallest absolute Gasteiger partial charge is 0.262 e. The van der Waals surface area contributed by atoms with Gasteiger partial charge in [-0.2, -0.15) is 0 Å². The van der Waals surface area contributed by atoms with Crippen molar-refractivity contribution in [3.05, 3.63) is 54.1 Å². The van der Waals surface area contributed by atoms with Gasteiger partial charge in [-0.1, -0.05) is 18.2 Å². The maximum absolute atomic E-state index is 12.7. The van der Waals surface area contributed by atoms with Crippen LogP contribution in [-0.2, 0) is 14.8 Å². The quantitative estimate of drug-likeness (QED) is 0.618. The van der Waals surface area contributed by atoms with Gasteiger partial charge in [0, 0.05) is 11.6 Å². The summed E-state index contributed by atoms with van der Waals surface area (Å²) < 4.78 is 32.9. The Morgan fingerprint density at radius 1 is 1.11 bits per heavy atom. The van der Waals surface area contributed by atoms with Crippen molar-refractivity contribution in [2.24, 2.45) is 0 Å². The van der Waals surface area contributed by atoms with Gasteiger partial charge in [0.1, 0.15) is 5.75 Å². The normalized spacial score (nSPS) is 13.5. The lowest BCUT2D eigenvalue weighted by Gasteiger charge is -2.12. The highest BCUT2D eigenvalue weighted by atomic mass is 32.2. The number of para-hydroxylation sites is 2. The molecule has 28 heavy (non-hydrogen) atoms. The Kier molecular flexibility index (Phi) is 5.84. The molecule has 1 aliphatic rings. The van der Waals surface area contributed by atoms with Crippen LogP contribution >= 0.6 is 0 Å². The zero-order valence-electron chi connectivity index (χ0n) is 15.3. The van der Waals surface area contributed by atoms with E-state index in [9.17, 15) is 18.0 Å². The number of nitrogens with one attached hydrogen (secondary N) is 3. The van der Waals surface area contributed by atoms with Crippen LogP contribution in [0.5, 0.6) is 5.75 Å². The summed E-state index contributed by atoms with van der Waals surface area (Å²) in [4.78, 5) is 23.9. The number of ether oxygens (including phenoxy) is 1.